The van der Waals surface area contributed by atoms with Crippen LogP contribution in [0.25, 0.3) is 0 Å². The van der Waals surface area contributed by atoms with Gasteiger partial charge in [0.25, 0.3) is 0 Å². The molecule has 0 aromatic heterocycles. The van der Waals surface area contributed by atoms with Gasteiger partial charge in [0.15, 0.2) is 5.78 Å². The van der Waals surface area contributed by atoms with E-state index in [4.69, 9.17) is 11.6 Å². The van der Waals surface area contributed by atoms with E-state index < -0.39 is 5.82 Å². The summed E-state index contributed by atoms with van der Waals surface area (Å²) in [4.78, 5) is 14.7. The molecule has 1 saturated heterocycles. The maximum Gasteiger partial charge on any atom is 0.163 e. The molecule has 0 bridgehead atoms. The van der Waals surface area contributed by atoms with Crippen LogP contribution >= 0.6 is 11.6 Å². The van der Waals surface area contributed by atoms with Crippen molar-refractivity contribution in [2.45, 2.75) is 39.2 Å². The molecule has 110 valence electrons. The lowest BCUT2D eigenvalue weighted by atomic mass is 9.90. The number of piperidine rings is 1. The fourth-order valence-corrected chi connectivity index (χ4v) is 2.96. The molecule has 0 radical (unpaired) electrons. The number of Topliss-reactive ketones (excluding diaryl/α,β-unsaturated/α-hetero) is 1. The minimum Gasteiger partial charge on any atom is -0.301 e. The van der Waals surface area contributed by atoms with E-state index in [0.29, 0.717) is 23.9 Å². The Morgan fingerprint density at radius 1 is 1.50 bits per heavy atom. The summed E-state index contributed by atoms with van der Waals surface area (Å²) in [6.07, 6.45) is 2.75. The molecule has 0 saturated carbocycles. The first kappa shape index (κ1) is 15.5. The normalized spacial score (nSPS) is 20.4. The second-order valence-electron chi connectivity index (χ2n) is 5.85. The summed E-state index contributed by atoms with van der Waals surface area (Å²) < 4.78 is 13.1. The standard InChI is InChI=1S/C16H21ClFNO/c1-11(2)19-7-3-4-12(10-19)8-16(20)13-5-6-15(18)14(17)9-13/h5-6,9,11-12H,3-4,7-8,10H2,1-2H3/t12-/m0/s1. The smallest absolute Gasteiger partial charge is 0.163 e. The van der Waals surface area contributed by atoms with Crippen LogP contribution in [-0.2, 0) is 0 Å². The summed E-state index contributed by atoms with van der Waals surface area (Å²) in [7, 11) is 0. The molecule has 0 unspecified atom stereocenters. The monoisotopic (exact) mass is 297 g/mol. The summed E-state index contributed by atoms with van der Waals surface area (Å²) in [5.74, 6) is -0.0307. The molecule has 1 aromatic rings. The number of likely N-dealkylation sites (tertiary alicyclic amines) is 1. The molecule has 0 aliphatic carbocycles. The van der Waals surface area contributed by atoms with Gasteiger partial charge in [-0.2, -0.15) is 0 Å². The number of hydrogen-bond acceptors (Lipinski definition) is 2. The molecular formula is C16H21ClFNO. The molecule has 1 heterocycles. The van der Waals surface area contributed by atoms with Gasteiger partial charge in [0.1, 0.15) is 5.82 Å². The topological polar surface area (TPSA) is 20.3 Å². The number of halogens is 2. The molecule has 2 rings (SSSR count). The number of rotatable bonds is 4. The van der Waals surface area contributed by atoms with Crippen molar-refractivity contribution in [1.29, 1.82) is 0 Å². The highest BCUT2D eigenvalue weighted by Gasteiger charge is 2.24. The Bertz CT molecular complexity index is 489. The minimum atomic E-state index is -0.480. The average molecular weight is 298 g/mol. The predicted octanol–water partition coefficient (Wildman–Crippen LogP) is 4.17. The van der Waals surface area contributed by atoms with Crippen molar-refractivity contribution in [2.24, 2.45) is 5.92 Å². The first-order valence-corrected chi connectivity index (χ1v) is 7.57. The maximum absolute atomic E-state index is 13.1. The lowest BCUT2D eigenvalue weighted by Crippen LogP contribution is -2.40. The van der Waals surface area contributed by atoms with Gasteiger partial charge in [-0.15, -0.1) is 0 Å². The Kier molecular flexibility index (Phi) is 5.17. The summed E-state index contributed by atoms with van der Waals surface area (Å²) in [5.41, 5.74) is 0.512. The third kappa shape index (κ3) is 3.80. The largest absolute Gasteiger partial charge is 0.301 e. The van der Waals surface area contributed by atoms with Gasteiger partial charge in [0.05, 0.1) is 5.02 Å². The lowest BCUT2D eigenvalue weighted by molar-refractivity contribution is 0.0890. The van der Waals surface area contributed by atoms with E-state index >= 15 is 0 Å². The number of nitrogens with zero attached hydrogens (tertiary/aromatic N) is 1. The van der Waals surface area contributed by atoms with E-state index in [1.165, 1.54) is 18.2 Å². The van der Waals surface area contributed by atoms with Gasteiger partial charge < -0.3 is 4.90 Å². The van der Waals surface area contributed by atoms with Crippen molar-refractivity contribution in [3.8, 4) is 0 Å². The van der Waals surface area contributed by atoms with Gasteiger partial charge in [0.2, 0.25) is 0 Å². The molecule has 1 atom stereocenters. The minimum absolute atomic E-state index is 0.0169. The van der Waals surface area contributed by atoms with E-state index in [2.05, 4.69) is 18.7 Å². The average Bonchev–Trinajstić information content (AvgIpc) is 2.42. The van der Waals surface area contributed by atoms with Crippen molar-refractivity contribution in [1.82, 2.24) is 4.90 Å². The maximum atomic E-state index is 13.1. The van der Waals surface area contributed by atoms with Crippen LogP contribution in [0, 0.1) is 11.7 Å². The fraction of sp³-hybridized carbons (Fsp3) is 0.562. The zero-order chi connectivity index (χ0) is 14.7. The van der Waals surface area contributed by atoms with E-state index in [1.54, 1.807) is 0 Å². The quantitative estimate of drug-likeness (QED) is 0.777. The fourth-order valence-electron chi connectivity index (χ4n) is 2.78. The molecule has 1 fully saturated rings. The van der Waals surface area contributed by atoms with Crippen molar-refractivity contribution in [3.63, 3.8) is 0 Å². The van der Waals surface area contributed by atoms with Gasteiger partial charge >= 0.3 is 0 Å². The van der Waals surface area contributed by atoms with Crippen LogP contribution in [0.4, 0.5) is 4.39 Å². The number of carbonyl (C=O) groups excluding carboxylic acids is 1. The molecule has 4 heteroatoms. The summed E-state index contributed by atoms with van der Waals surface area (Å²) >= 11 is 5.73. The Morgan fingerprint density at radius 2 is 2.25 bits per heavy atom. The first-order valence-electron chi connectivity index (χ1n) is 7.19. The Hall–Kier alpha value is -0.930. The van der Waals surface area contributed by atoms with Crippen molar-refractivity contribution < 1.29 is 9.18 Å². The second-order valence-corrected chi connectivity index (χ2v) is 6.26. The van der Waals surface area contributed by atoms with Gasteiger partial charge in [-0.25, -0.2) is 4.39 Å². The highest BCUT2D eigenvalue weighted by atomic mass is 35.5. The molecule has 1 aromatic carbocycles. The SMILES string of the molecule is CC(C)N1CCC[C@@H](CC(=O)c2ccc(F)c(Cl)c2)C1. The molecule has 1 aliphatic heterocycles. The van der Waals surface area contributed by atoms with Crippen molar-refractivity contribution >= 4 is 17.4 Å². The number of ketones is 1. The third-order valence-electron chi connectivity index (χ3n) is 4.00. The van der Waals surface area contributed by atoms with Gasteiger partial charge in [-0.1, -0.05) is 11.6 Å². The van der Waals surface area contributed by atoms with Crippen LogP contribution in [0.5, 0.6) is 0 Å². The van der Waals surface area contributed by atoms with Gasteiger partial charge in [0, 0.05) is 24.6 Å². The summed E-state index contributed by atoms with van der Waals surface area (Å²) in [6, 6.07) is 4.74. The molecular weight excluding hydrogens is 277 g/mol. The number of carbonyl (C=O) groups is 1. The van der Waals surface area contributed by atoms with E-state index in [9.17, 15) is 9.18 Å². The molecule has 1 aliphatic rings. The lowest BCUT2D eigenvalue weighted by Gasteiger charge is -2.35. The van der Waals surface area contributed by atoms with Gasteiger partial charge in [-0.05, 0) is 57.4 Å². The highest BCUT2D eigenvalue weighted by molar-refractivity contribution is 6.31. The molecule has 0 N–H and O–H groups in total. The Morgan fingerprint density at radius 3 is 2.90 bits per heavy atom. The highest BCUT2D eigenvalue weighted by Crippen LogP contribution is 2.24. The second kappa shape index (κ2) is 6.68. The van der Waals surface area contributed by atoms with Crippen molar-refractivity contribution in [2.75, 3.05) is 13.1 Å². The third-order valence-corrected chi connectivity index (χ3v) is 4.29. The molecule has 2 nitrogen and oxygen atoms in total. The van der Waals surface area contributed by atoms with Crippen LogP contribution in [0.1, 0.15) is 43.5 Å². The van der Waals surface area contributed by atoms with E-state index in [1.807, 2.05) is 0 Å². The van der Waals surface area contributed by atoms with E-state index in [0.717, 1.165) is 25.9 Å². The van der Waals surface area contributed by atoms with Crippen LogP contribution < -0.4 is 0 Å². The molecule has 20 heavy (non-hydrogen) atoms. The number of benzene rings is 1. The van der Waals surface area contributed by atoms with Crippen LogP contribution in [-0.4, -0.2) is 29.8 Å². The van der Waals surface area contributed by atoms with Gasteiger partial charge in [-0.3, -0.25) is 4.79 Å². The van der Waals surface area contributed by atoms with Crippen molar-refractivity contribution in [3.05, 3.63) is 34.6 Å². The summed E-state index contributed by atoms with van der Waals surface area (Å²) in [5, 5.41) is 0.0169. The molecule has 0 spiro atoms. The first-order chi connectivity index (χ1) is 9.47. The Labute approximate surface area is 124 Å². The predicted molar refractivity (Wildman–Crippen MR) is 79.8 cm³/mol. The van der Waals surface area contributed by atoms with Crippen LogP contribution in [0.3, 0.4) is 0 Å². The summed E-state index contributed by atoms with van der Waals surface area (Å²) in [6.45, 7) is 6.46. The zero-order valence-corrected chi connectivity index (χ0v) is 12.8. The zero-order valence-electron chi connectivity index (χ0n) is 12.0. The number of hydrogen-bond donors (Lipinski definition) is 0. The van der Waals surface area contributed by atoms with Crippen LogP contribution in [0.2, 0.25) is 5.02 Å². The molecule has 0 amide bonds. The van der Waals surface area contributed by atoms with Crippen LogP contribution in [0.15, 0.2) is 18.2 Å². The Balaban J connectivity index is 1.98. The van der Waals surface area contributed by atoms with E-state index in [-0.39, 0.29) is 10.8 Å².